The zero-order valence-corrected chi connectivity index (χ0v) is 13.9. The maximum Gasteiger partial charge on any atom is 0.414 e. The van der Waals surface area contributed by atoms with Crippen LogP contribution in [0, 0.1) is 11.6 Å². The molecule has 0 unspecified atom stereocenters. The van der Waals surface area contributed by atoms with Crippen molar-refractivity contribution in [1.29, 1.82) is 0 Å². The number of hydrogen-bond acceptors (Lipinski definition) is 5. The number of nitrogens with one attached hydrogen (secondary N) is 1. The molecule has 25 heavy (non-hydrogen) atoms. The topological polar surface area (TPSA) is 82.1 Å². The number of β-amino-alcohol motifs (C(OH)–C–C–N with tert-alkyl or cyclic N) is 1. The van der Waals surface area contributed by atoms with Crippen molar-refractivity contribution in [3.05, 3.63) is 23.8 Å². The highest BCUT2D eigenvalue weighted by atomic mass is 19.1. The van der Waals surface area contributed by atoms with Crippen molar-refractivity contribution in [3.63, 3.8) is 0 Å². The van der Waals surface area contributed by atoms with Crippen molar-refractivity contribution in [1.82, 2.24) is 5.32 Å². The molecule has 2 aliphatic rings. The van der Waals surface area contributed by atoms with E-state index in [4.69, 9.17) is 4.74 Å². The van der Waals surface area contributed by atoms with Crippen molar-refractivity contribution in [2.24, 2.45) is 0 Å². The van der Waals surface area contributed by atoms with Crippen LogP contribution in [0.15, 0.2) is 12.1 Å². The van der Waals surface area contributed by atoms with E-state index in [1.54, 1.807) is 6.92 Å². The standard InChI is InChI=1S/C16H19F2N3O4/c1-9(22)19-5-11-6-21(15(23)25-11)10-3-12(17)14(13(18)4-10)20-7-16(2,24)8-20/h3-4,11,24H,5-8H2,1-2H3,(H,19,22)/t11-/m0/s1. The summed E-state index contributed by atoms with van der Waals surface area (Å²) in [5.41, 5.74) is -1.15. The van der Waals surface area contributed by atoms with Crippen molar-refractivity contribution in [2.45, 2.75) is 25.6 Å². The number of rotatable bonds is 4. The molecule has 1 atom stereocenters. The molecule has 0 radical (unpaired) electrons. The summed E-state index contributed by atoms with van der Waals surface area (Å²) in [7, 11) is 0. The van der Waals surface area contributed by atoms with E-state index in [-0.39, 0.29) is 43.5 Å². The number of ether oxygens (including phenoxy) is 1. The van der Waals surface area contributed by atoms with Gasteiger partial charge < -0.3 is 20.1 Å². The Balaban J connectivity index is 1.75. The number of cyclic esters (lactones) is 1. The molecule has 9 heteroatoms. The molecule has 2 aliphatic heterocycles. The smallest absolute Gasteiger partial charge is 0.414 e. The van der Waals surface area contributed by atoms with Crippen LogP contribution in [0.4, 0.5) is 25.0 Å². The first-order valence-corrected chi connectivity index (χ1v) is 7.85. The van der Waals surface area contributed by atoms with Crippen LogP contribution in [0.5, 0.6) is 0 Å². The van der Waals surface area contributed by atoms with Crippen LogP contribution in [0.3, 0.4) is 0 Å². The molecular weight excluding hydrogens is 336 g/mol. The summed E-state index contributed by atoms with van der Waals surface area (Å²) in [6, 6.07) is 2.13. The average molecular weight is 355 g/mol. The van der Waals surface area contributed by atoms with E-state index in [2.05, 4.69) is 5.32 Å². The third-order valence-electron chi connectivity index (χ3n) is 4.15. The molecule has 0 bridgehead atoms. The number of hydrogen-bond donors (Lipinski definition) is 2. The summed E-state index contributed by atoms with van der Waals surface area (Å²) in [5, 5.41) is 12.2. The highest BCUT2D eigenvalue weighted by Gasteiger charge is 2.40. The minimum Gasteiger partial charge on any atom is -0.442 e. The van der Waals surface area contributed by atoms with E-state index >= 15 is 0 Å². The molecular formula is C16H19F2N3O4. The number of amides is 2. The summed E-state index contributed by atoms with van der Waals surface area (Å²) in [5.74, 6) is -1.89. The molecule has 1 aromatic carbocycles. The highest BCUT2D eigenvalue weighted by molar-refractivity contribution is 5.90. The number of carbonyl (C=O) groups excluding carboxylic acids is 2. The van der Waals surface area contributed by atoms with Crippen LogP contribution in [-0.2, 0) is 9.53 Å². The van der Waals surface area contributed by atoms with Gasteiger partial charge in [0.2, 0.25) is 5.91 Å². The van der Waals surface area contributed by atoms with Crippen LogP contribution in [0.25, 0.3) is 0 Å². The average Bonchev–Trinajstić information content (AvgIpc) is 2.83. The van der Waals surface area contributed by atoms with E-state index in [1.165, 1.54) is 11.8 Å². The first-order valence-electron chi connectivity index (χ1n) is 7.85. The zero-order valence-electron chi connectivity index (χ0n) is 13.9. The molecule has 2 saturated heterocycles. The van der Waals surface area contributed by atoms with Gasteiger partial charge in [-0.05, 0) is 6.92 Å². The van der Waals surface area contributed by atoms with Crippen LogP contribution >= 0.6 is 0 Å². The molecule has 136 valence electrons. The monoisotopic (exact) mass is 355 g/mol. The SMILES string of the molecule is CC(=O)NC[C@H]1CN(c2cc(F)c(N3CC(C)(O)C3)c(F)c2)C(=O)O1. The van der Waals surface area contributed by atoms with Gasteiger partial charge in [-0.2, -0.15) is 0 Å². The van der Waals surface area contributed by atoms with Gasteiger partial charge in [-0.1, -0.05) is 0 Å². The Bertz CT molecular complexity index is 694. The summed E-state index contributed by atoms with van der Waals surface area (Å²) >= 11 is 0. The lowest BCUT2D eigenvalue weighted by molar-refractivity contribution is -0.119. The van der Waals surface area contributed by atoms with Crippen molar-refractivity contribution >= 4 is 23.4 Å². The zero-order chi connectivity index (χ0) is 18.4. The van der Waals surface area contributed by atoms with Crippen LogP contribution in [0.2, 0.25) is 0 Å². The Kier molecular flexibility index (Phi) is 4.28. The molecule has 1 aromatic rings. The number of nitrogens with zero attached hydrogens (tertiary/aromatic N) is 2. The second-order valence-electron chi connectivity index (χ2n) is 6.66. The van der Waals surface area contributed by atoms with E-state index in [0.29, 0.717) is 0 Å². The van der Waals surface area contributed by atoms with E-state index in [0.717, 1.165) is 17.0 Å². The van der Waals surface area contributed by atoms with Gasteiger partial charge in [0.15, 0.2) is 11.6 Å². The second-order valence-corrected chi connectivity index (χ2v) is 6.66. The van der Waals surface area contributed by atoms with Gasteiger partial charge in [0, 0.05) is 32.1 Å². The lowest BCUT2D eigenvalue weighted by Crippen LogP contribution is -2.60. The van der Waals surface area contributed by atoms with Gasteiger partial charge in [0.25, 0.3) is 0 Å². The Morgan fingerprint density at radius 2 is 2.00 bits per heavy atom. The molecule has 0 aliphatic carbocycles. The predicted molar refractivity (Wildman–Crippen MR) is 85.5 cm³/mol. The van der Waals surface area contributed by atoms with Gasteiger partial charge in [-0.25, -0.2) is 13.6 Å². The Morgan fingerprint density at radius 1 is 1.40 bits per heavy atom. The normalized spacial score (nSPS) is 21.8. The van der Waals surface area contributed by atoms with Gasteiger partial charge in [0.1, 0.15) is 11.8 Å². The first kappa shape index (κ1) is 17.4. The maximum atomic E-state index is 14.4. The van der Waals surface area contributed by atoms with E-state index < -0.39 is 29.4 Å². The number of anilines is 2. The number of benzene rings is 1. The maximum absolute atomic E-state index is 14.4. The fourth-order valence-electron chi connectivity index (χ4n) is 3.04. The van der Waals surface area contributed by atoms with Crippen molar-refractivity contribution in [2.75, 3.05) is 36.0 Å². The predicted octanol–water partition coefficient (Wildman–Crippen LogP) is 0.997. The van der Waals surface area contributed by atoms with Crippen molar-refractivity contribution < 1.29 is 28.2 Å². The Hall–Kier alpha value is -2.42. The molecule has 7 nitrogen and oxygen atoms in total. The molecule has 3 rings (SSSR count). The summed E-state index contributed by atoms with van der Waals surface area (Å²) < 4.78 is 33.8. The van der Waals surface area contributed by atoms with E-state index in [1.807, 2.05) is 0 Å². The fourth-order valence-corrected chi connectivity index (χ4v) is 3.04. The van der Waals surface area contributed by atoms with Crippen LogP contribution in [0.1, 0.15) is 13.8 Å². The lowest BCUT2D eigenvalue weighted by atomic mass is 9.96. The Morgan fingerprint density at radius 3 is 2.52 bits per heavy atom. The lowest BCUT2D eigenvalue weighted by Gasteiger charge is -2.45. The third kappa shape index (κ3) is 3.51. The van der Waals surface area contributed by atoms with E-state index in [9.17, 15) is 23.5 Å². The van der Waals surface area contributed by atoms with Crippen LogP contribution in [-0.4, -0.2) is 55.0 Å². The molecule has 0 spiro atoms. The van der Waals surface area contributed by atoms with Gasteiger partial charge >= 0.3 is 6.09 Å². The highest BCUT2D eigenvalue weighted by Crippen LogP contribution is 2.35. The Labute approximate surface area is 143 Å². The second kappa shape index (κ2) is 6.14. The summed E-state index contributed by atoms with van der Waals surface area (Å²) in [4.78, 5) is 25.4. The molecule has 2 fully saturated rings. The van der Waals surface area contributed by atoms with Gasteiger partial charge in [0.05, 0.1) is 24.4 Å². The number of carbonyl (C=O) groups is 2. The third-order valence-corrected chi connectivity index (χ3v) is 4.15. The summed E-state index contributed by atoms with van der Waals surface area (Å²) in [6.07, 6.45) is -1.32. The van der Waals surface area contributed by atoms with Crippen molar-refractivity contribution in [3.8, 4) is 0 Å². The van der Waals surface area contributed by atoms with Gasteiger partial charge in [-0.15, -0.1) is 0 Å². The van der Waals surface area contributed by atoms with Gasteiger partial charge in [-0.3, -0.25) is 9.69 Å². The summed E-state index contributed by atoms with van der Waals surface area (Å²) in [6.45, 7) is 3.39. The minimum atomic E-state index is -0.965. The quantitative estimate of drug-likeness (QED) is 0.842. The largest absolute Gasteiger partial charge is 0.442 e. The number of aliphatic hydroxyl groups is 1. The molecule has 0 aromatic heterocycles. The fraction of sp³-hybridized carbons (Fsp3) is 0.500. The molecule has 2 amide bonds. The molecule has 2 N–H and O–H groups in total. The number of halogens is 2. The molecule has 2 heterocycles. The first-order chi connectivity index (χ1) is 11.7. The van der Waals surface area contributed by atoms with Crippen LogP contribution < -0.4 is 15.1 Å². The minimum absolute atomic E-state index is 0.0429. The molecule has 0 saturated carbocycles.